The number of carbonyl (C=O) groups excluding carboxylic acids is 1. The van der Waals surface area contributed by atoms with E-state index in [0.29, 0.717) is 13.0 Å². The van der Waals surface area contributed by atoms with Crippen LogP contribution in [0.25, 0.3) is 0 Å². The van der Waals surface area contributed by atoms with E-state index in [1.165, 1.54) is 0 Å². The summed E-state index contributed by atoms with van der Waals surface area (Å²) in [4.78, 5) is 13.9. The summed E-state index contributed by atoms with van der Waals surface area (Å²) in [7, 11) is 5.43. The molecule has 106 valence electrons. The second kappa shape index (κ2) is 7.47. The van der Waals surface area contributed by atoms with Crippen LogP contribution in [0.15, 0.2) is 22.7 Å². The van der Waals surface area contributed by atoms with Gasteiger partial charge in [0.05, 0.1) is 17.4 Å². The largest absolute Gasteiger partial charge is 0.385 e. The van der Waals surface area contributed by atoms with Crippen LogP contribution in [-0.4, -0.2) is 39.8 Å². The first kappa shape index (κ1) is 15.9. The Bertz CT molecular complexity index is 438. The van der Waals surface area contributed by atoms with Crippen molar-refractivity contribution >= 4 is 33.2 Å². The maximum Gasteiger partial charge on any atom is 0.241 e. The third-order valence-corrected chi connectivity index (χ3v) is 3.16. The molecule has 1 atom stereocenters. The van der Waals surface area contributed by atoms with Crippen molar-refractivity contribution in [3.05, 3.63) is 22.7 Å². The van der Waals surface area contributed by atoms with Gasteiger partial charge in [0.1, 0.15) is 0 Å². The van der Waals surface area contributed by atoms with Crippen LogP contribution in [0, 0.1) is 0 Å². The minimum absolute atomic E-state index is 0.210. The Labute approximate surface area is 122 Å². The van der Waals surface area contributed by atoms with Gasteiger partial charge in [-0.05, 0) is 24.6 Å². The summed E-state index contributed by atoms with van der Waals surface area (Å²) < 4.78 is 5.82. The van der Waals surface area contributed by atoms with E-state index in [1.807, 2.05) is 37.2 Å². The Morgan fingerprint density at radius 2 is 2.21 bits per heavy atom. The lowest BCUT2D eigenvalue weighted by Gasteiger charge is -2.19. The molecular formula is C13H20BrN3O2. The molecule has 5 nitrogen and oxygen atoms in total. The number of methoxy groups -OCH3 is 1. The zero-order valence-electron chi connectivity index (χ0n) is 11.4. The molecule has 1 unspecified atom stereocenters. The summed E-state index contributed by atoms with van der Waals surface area (Å²) in [5, 5.41) is 2.85. The fourth-order valence-electron chi connectivity index (χ4n) is 1.60. The van der Waals surface area contributed by atoms with Crippen molar-refractivity contribution in [3.63, 3.8) is 0 Å². The van der Waals surface area contributed by atoms with E-state index in [4.69, 9.17) is 10.5 Å². The van der Waals surface area contributed by atoms with Gasteiger partial charge in [0.15, 0.2) is 0 Å². The molecule has 0 saturated carbocycles. The van der Waals surface area contributed by atoms with E-state index < -0.39 is 6.04 Å². The van der Waals surface area contributed by atoms with E-state index in [0.717, 1.165) is 15.8 Å². The van der Waals surface area contributed by atoms with Gasteiger partial charge < -0.3 is 20.7 Å². The molecule has 0 heterocycles. The average Bonchev–Trinajstić information content (AvgIpc) is 2.35. The number of carbonyl (C=O) groups is 1. The lowest BCUT2D eigenvalue weighted by atomic mass is 10.2. The van der Waals surface area contributed by atoms with Crippen molar-refractivity contribution in [1.82, 2.24) is 0 Å². The zero-order chi connectivity index (χ0) is 14.4. The molecule has 1 aromatic carbocycles. The monoisotopic (exact) mass is 329 g/mol. The SMILES string of the molecule is COCCC(N)C(=O)Nc1cc(Br)ccc1N(C)C. The van der Waals surface area contributed by atoms with Crippen molar-refractivity contribution in [2.45, 2.75) is 12.5 Å². The van der Waals surface area contributed by atoms with E-state index in [9.17, 15) is 4.79 Å². The van der Waals surface area contributed by atoms with Crippen LogP contribution in [0.1, 0.15) is 6.42 Å². The molecule has 6 heteroatoms. The number of halogens is 1. The fraction of sp³-hybridized carbons (Fsp3) is 0.462. The van der Waals surface area contributed by atoms with E-state index >= 15 is 0 Å². The van der Waals surface area contributed by atoms with Gasteiger partial charge in [-0.15, -0.1) is 0 Å². The van der Waals surface area contributed by atoms with Gasteiger partial charge in [-0.3, -0.25) is 4.79 Å². The molecule has 0 aromatic heterocycles. The summed E-state index contributed by atoms with van der Waals surface area (Å²) in [5.74, 6) is -0.210. The van der Waals surface area contributed by atoms with Crippen molar-refractivity contribution in [1.29, 1.82) is 0 Å². The third-order valence-electron chi connectivity index (χ3n) is 2.67. The molecule has 0 aliphatic carbocycles. The summed E-state index contributed by atoms with van der Waals surface area (Å²) in [6.45, 7) is 0.466. The fourth-order valence-corrected chi connectivity index (χ4v) is 1.96. The highest BCUT2D eigenvalue weighted by atomic mass is 79.9. The average molecular weight is 330 g/mol. The smallest absolute Gasteiger partial charge is 0.241 e. The highest BCUT2D eigenvalue weighted by Crippen LogP contribution is 2.28. The first-order valence-electron chi connectivity index (χ1n) is 5.98. The second-order valence-electron chi connectivity index (χ2n) is 4.43. The first-order valence-corrected chi connectivity index (χ1v) is 6.77. The minimum Gasteiger partial charge on any atom is -0.385 e. The number of nitrogens with one attached hydrogen (secondary N) is 1. The number of hydrogen-bond acceptors (Lipinski definition) is 4. The third kappa shape index (κ3) is 4.81. The Kier molecular flexibility index (Phi) is 6.27. The van der Waals surface area contributed by atoms with Crippen molar-refractivity contribution in [3.8, 4) is 0 Å². The standard InChI is InChI=1S/C13H20BrN3O2/c1-17(2)12-5-4-9(14)8-11(12)16-13(18)10(15)6-7-19-3/h4-5,8,10H,6-7,15H2,1-3H3,(H,16,18). The predicted octanol–water partition coefficient (Wildman–Crippen LogP) is 1.82. The highest BCUT2D eigenvalue weighted by molar-refractivity contribution is 9.10. The van der Waals surface area contributed by atoms with Crippen LogP contribution in [-0.2, 0) is 9.53 Å². The van der Waals surface area contributed by atoms with Crippen LogP contribution in [0.5, 0.6) is 0 Å². The second-order valence-corrected chi connectivity index (χ2v) is 5.35. The predicted molar refractivity (Wildman–Crippen MR) is 81.6 cm³/mol. The quantitative estimate of drug-likeness (QED) is 0.835. The van der Waals surface area contributed by atoms with Crippen molar-refractivity contribution in [2.24, 2.45) is 5.73 Å². The van der Waals surface area contributed by atoms with Gasteiger partial charge in [-0.2, -0.15) is 0 Å². The highest BCUT2D eigenvalue weighted by Gasteiger charge is 2.15. The van der Waals surface area contributed by atoms with Crippen LogP contribution >= 0.6 is 15.9 Å². The number of nitrogens with zero attached hydrogens (tertiary/aromatic N) is 1. The molecule has 0 aliphatic rings. The number of rotatable bonds is 6. The molecule has 0 bridgehead atoms. The summed E-state index contributed by atoms with van der Waals surface area (Å²) in [6.07, 6.45) is 0.494. The lowest BCUT2D eigenvalue weighted by Crippen LogP contribution is -2.36. The van der Waals surface area contributed by atoms with Gasteiger partial charge in [0, 0.05) is 32.3 Å². The van der Waals surface area contributed by atoms with E-state index in [2.05, 4.69) is 21.2 Å². The van der Waals surface area contributed by atoms with Crippen LogP contribution in [0.2, 0.25) is 0 Å². The topological polar surface area (TPSA) is 67.6 Å². The van der Waals surface area contributed by atoms with Gasteiger partial charge in [0.25, 0.3) is 0 Å². The van der Waals surface area contributed by atoms with Crippen molar-refractivity contribution in [2.75, 3.05) is 38.0 Å². The number of benzene rings is 1. The van der Waals surface area contributed by atoms with Crippen molar-refractivity contribution < 1.29 is 9.53 Å². The zero-order valence-corrected chi connectivity index (χ0v) is 13.0. The van der Waals surface area contributed by atoms with Crippen LogP contribution < -0.4 is 16.0 Å². The number of nitrogens with two attached hydrogens (primary N) is 1. The Morgan fingerprint density at radius 3 is 2.79 bits per heavy atom. The Morgan fingerprint density at radius 1 is 1.53 bits per heavy atom. The number of anilines is 2. The molecule has 3 N–H and O–H groups in total. The maximum atomic E-state index is 12.0. The summed E-state index contributed by atoms with van der Waals surface area (Å²) in [6, 6.07) is 5.14. The molecule has 1 aromatic rings. The Hall–Kier alpha value is -1.11. The molecule has 19 heavy (non-hydrogen) atoms. The minimum atomic E-state index is -0.575. The summed E-state index contributed by atoms with van der Waals surface area (Å²) >= 11 is 3.39. The van der Waals surface area contributed by atoms with Gasteiger partial charge in [-0.1, -0.05) is 15.9 Å². The van der Waals surface area contributed by atoms with Gasteiger partial charge in [-0.25, -0.2) is 0 Å². The first-order chi connectivity index (χ1) is 8.95. The normalized spacial score (nSPS) is 12.1. The van der Waals surface area contributed by atoms with Gasteiger partial charge >= 0.3 is 0 Å². The number of ether oxygens (including phenoxy) is 1. The molecule has 0 aliphatic heterocycles. The van der Waals surface area contributed by atoms with E-state index in [1.54, 1.807) is 7.11 Å². The molecular weight excluding hydrogens is 310 g/mol. The molecule has 1 rings (SSSR count). The molecule has 0 fully saturated rings. The lowest BCUT2D eigenvalue weighted by molar-refractivity contribution is -0.117. The molecule has 1 amide bonds. The molecule has 0 saturated heterocycles. The summed E-state index contributed by atoms with van der Waals surface area (Å²) in [5.41, 5.74) is 7.46. The molecule has 0 spiro atoms. The van der Waals surface area contributed by atoms with Crippen LogP contribution in [0.4, 0.5) is 11.4 Å². The molecule has 0 radical (unpaired) electrons. The maximum absolute atomic E-state index is 12.0. The van der Waals surface area contributed by atoms with E-state index in [-0.39, 0.29) is 5.91 Å². The number of amides is 1. The van der Waals surface area contributed by atoms with Crippen LogP contribution in [0.3, 0.4) is 0 Å². The number of hydrogen-bond donors (Lipinski definition) is 2. The van der Waals surface area contributed by atoms with Gasteiger partial charge in [0.2, 0.25) is 5.91 Å². The Balaban J connectivity index is 2.80.